The van der Waals surface area contributed by atoms with E-state index in [9.17, 15) is 28.0 Å². The lowest BCUT2D eigenvalue weighted by molar-refractivity contribution is -0.144. The van der Waals surface area contributed by atoms with Crippen molar-refractivity contribution < 1.29 is 47.3 Å². The summed E-state index contributed by atoms with van der Waals surface area (Å²) in [5.74, 6) is -0.846. The third-order valence-corrected chi connectivity index (χ3v) is 7.53. The molecule has 3 aromatic rings. The van der Waals surface area contributed by atoms with E-state index in [-0.39, 0.29) is 47.1 Å². The molecule has 3 heterocycles. The Morgan fingerprint density at radius 2 is 1.68 bits per heavy atom. The van der Waals surface area contributed by atoms with Crippen molar-refractivity contribution in [2.24, 2.45) is 0 Å². The van der Waals surface area contributed by atoms with Crippen molar-refractivity contribution in [1.29, 1.82) is 0 Å². The minimum absolute atomic E-state index is 0.0170. The summed E-state index contributed by atoms with van der Waals surface area (Å²) >= 11 is 5.59. The molecule has 1 atom stereocenters. The Morgan fingerprint density at radius 3 is 2.28 bits per heavy atom. The molecule has 11 nitrogen and oxygen atoms in total. The lowest BCUT2D eigenvalue weighted by atomic mass is 9.93. The first-order valence-electron chi connectivity index (χ1n) is 14.3. The van der Waals surface area contributed by atoms with Gasteiger partial charge in [0.05, 0.1) is 22.9 Å². The number of carboxylic acid groups (broad SMARTS) is 1. The van der Waals surface area contributed by atoms with Gasteiger partial charge >= 0.3 is 5.97 Å². The first-order valence-corrected chi connectivity index (χ1v) is 14.7. The van der Waals surface area contributed by atoms with Gasteiger partial charge in [0, 0.05) is 23.4 Å². The molecule has 1 aliphatic carbocycles. The average molecular weight is 666 g/mol. The summed E-state index contributed by atoms with van der Waals surface area (Å²) in [6, 6.07) is 9.52. The quantitative estimate of drug-likeness (QED) is 0.258. The zero-order chi connectivity index (χ0) is 33.8. The highest BCUT2D eigenvalue weighted by atomic mass is 35.5. The summed E-state index contributed by atoms with van der Waals surface area (Å²) in [5, 5.41) is 8.91. The molecule has 1 N–H and O–H groups in total. The standard InChI is InChI=1S/C19H15FN2O4.C14H11ClFNO4/c1-2-7-21-15-9-14(13(20)8-16(15)26-10-17(21)23)22-18(24)11-5-3-4-6-12(11)19(22)25;1-8(14(18)19)20-10-2-4-11(5-3-10)21-13-12(16)6-9(15)7-17-13/h1,8-9H,3-7,10H2;2-8H,1H3,(H,18,19)/t;8-/m.1/s1. The van der Waals surface area contributed by atoms with Crippen LogP contribution in [0.15, 0.2) is 59.8 Å². The van der Waals surface area contributed by atoms with Crippen LogP contribution < -0.4 is 24.0 Å². The van der Waals surface area contributed by atoms with Gasteiger partial charge in [-0.1, -0.05) is 17.5 Å². The molecule has 6 rings (SSSR count). The highest BCUT2D eigenvalue weighted by molar-refractivity contribution is 6.33. The van der Waals surface area contributed by atoms with E-state index in [4.69, 9.17) is 37.3 Å². The maximum Gasteiger partial charge on any atom is 0.344 e. The molecule has 47 heavy (non-hydrogen) atoms. The number of rotatable bonds is 7. The molecule has 1 aromatic heterocycles. The van der Waals surface area contributed by atoms with Crippen LogP contribution in [0.25, 0.3) is 0 Å². The molecule has 0 radical (unpaired) electrons. The van der Waals surface area contributed by atoms with Crippen molar-refractivity contribution in [3.63, 3.8) is 0 Å². The Labute approximate surface area is 272 Å². The van der Waals surface area contributed by atoms with Crippen LogP contribution in [-0.4, -0.2) is 53.0 Å². The number of aliphatic carboxylic acids is 1. The van der Waals surface area contributed by atoms with Gasteiger partial charge in [0.1, 0.15) is 17.2 Å². The maximum absolute atomic E-state index is 14.7. The van der Waals surface area contributed by atoms with Crippen molar-refractivity contribution in [2.45, 2.75) is 38.7 Å². The molecule has 2 aliphatic heterocycles. The average Bonchev–Trinajstić information content (AvgIpc) is 3.30. The number of terminal acetylenes is 1. The fraction of sp³-hybridized carbons (Fsp3) is 0.242. The summed E-state index contributed by atoms with van der Waals surface area (Å²) in [6.45, 7) is 1.15. The van der Waals surface area contributed by atoms with Crippen LogP contribution in [0.4, 0.5) is 20.2 Å². The number of anilines is 2. The largest absolute Gasteiger partial charge is 0.481 e. The van der Waals surface area contributed by atoms with E-state index in [0.29, 0.717) is 35.5 Å². The van der Waals surface area contributed by atoms with Crippen molar-refractivity contribution >= 4 is 46.7 Å². The number of fused-ring (bicyclic) bond motifs is 1. The Balaban J connectivity index is 0.000000189. The zero-order valence-corrected chi connectivity index (χ0v) is 25.6. The molecule has 0 spiro atoms. The van der Waals surface area contributed by atoms with Crippen molar-refractivity contribution in [3.8, 4) is 35.5 Å². The Morgan fingerprint density at radius 1 is 1.04 bits per heavy atom. The summed E-state index contributed by atoms with van der Waals surface area (Å²) in [7, 11) is 0. The normalized spacial score (nSPS) is 15.9. The molecule has 0 saturated heterocycles. The second-order valence-corrected chi connectivity index (χ2v) is 10.9. The molecule has 3 aliphatic rings. The maximum atomic E-state index is 14.7. The molecule has 3 amide bonds. The summed E-state index contributed by atoms with van der Waals surface area (Å²) in [5.41, 5.74) is 0.992. The summed E-state index contributed by atoms with van der Waals surface area (Å²) in [6.07, 6.45) is 8.32. The smallest absolute Gasteiger partial charge is 0.344 e. The highest BCUT2D eigenvalue weighted by Crippen LogP contribution is 2.41. The topological polar surface area (TPSA) is 136 Å². The number of aromatic nitrogens is 1. The molecular formula is C33H26ClF2N3O8. The monoisotopic (exact) mass is 665 g/mol. The van der Waals surface area contributed by atoms with Gasteiger partial charge in [-0.05, 0) is 69.0 Å². The number of imide groups is 1. The second-order valence-electron chi connectivity index (χ2n) is 10.5. The van der Waals surface area contributed by atoms with Gasteiger partial charge < -0.3 is 19.3 Å². The van der Waals surface area contributed by atoms with E-state index < -0.39 is 35.5 Å². The predicted molar refractivity (Wildman–Crippen MR) is 165 cm³/mol. The van der Waals surface area contributed by atoms with E-state index >= 15 is 0 Å². The van der Waals surface area contributed by atoms with E-state index in [1.54, 1.807) is 0 Å². The van der Waals surface area contributed by atoms with Crippen LogP contribution in [0.2, 0.25) is 5.02 Å². The number of pyridine rings is 1. The second kappa shape index (κ2) is 13.9. The minimum atomic E-state index is -1.07. The van der Waals surface area contributed by atoms with Crippen molar-refractivity contribution in [3.05, 3.63) is 76.5 Å². The van der Waals surface area contributed by atoms with Crippen LogP contribution in [0.3, 0.4) is 0 Å². The Hall–Kier alpha value is -5.48. The minimum Gasteiger partial charge on any atom is -0.481 e. The lowest BCUT2D eigenvalue weighted by Crippen LogP contribution is -2.39. The van der Waals surface area contributed by atoms with Crippen molar-refractivity contribution in [2.75, 3.05) is 23.0 Å². The van der Waals surface area contributed by atoms with E-state index in [1.165, 1.54) is 48.4 Å². The number of carboxylic acids is 1. The van der Waals surface area contributed by atoms with Crippen LogP contribution in [0, 0.1) is 24.0 Å². The van der Waals surface area contributed by atoms with Crippen LogP contribution in [0.1, 0.15) is 32.6 Å². The van der Waals surface area contributed by atoms with Gasteiger partial charge in [-0.25, -0.2) is 23.5 Å². The van der Waals surface area contributed by atoms with E-state index in [0.717, 1.165) is 29.9 Å². The van der Waals surface area contributed by atoms with E-state index in [2.05, 4.69) is 10.9 Å². The SMILES string of the molecule is C#CCN1C(=O)COc2cc(F)c(N3C(=O)C4=C(CCCC4)C3=O)cc21.C[C@@H](Oc1ccc(Oc2ncc(Cl)cc2F)cc1)C(=O)O. The number of nitrogens with zero attached hydrogens (tertiary/aromatic N) is 3. The number of hydrogen-bond donors (Lipinski definition) is 1. The molecular weight excluding hydrogens is 640 g/mol. The number of amides is 3. The van der Waals surface area contributed by atoms with Gasteiger partial charge in [-0.3, -0.25) is 19.3 Å². The Kier molecular flexibility index (Phi) is 9.72. The number of halogens is 3. The molecule has 242 valence electrons. The number of ether oxygens (including phenoxy) is 3. The zero-order valence-electron chi connectivity index (χ0n) is 24.8. The van der Waals surface area contributed by atoms with Crippen LogP contribution >= 0.6 is 11.6 Å². The van der Waals surface area contributed by atoms with Crippen LogP contribution in [0.5, 0.6) is 23.1 Å². The van der Waals surface area contributed by atoms with E-state index in [1.807, 2.05) is 0 Å². The lowest BCUT2D eigenvalue weighted by Gasteiger charge is -2.29. The van der Waals surface area contributed by atoms with Gasteiger partial charge in [0.15, 0.2) is 24.3 Å². The molecule has 0 unspecified atom stereocenters. The third-order valence-electron chi connectivity index (χ3n) is 7.32. The predicted octanol–water partition coefficient (Wildman–Crippen LogP) is 5.45. The fourth-order valence-corrected chi connectivity index (χ4v) is 5.18. The molecule has 0 bridgehead atoms. The van der Waals surface area contributed by atoms with Crippen molar-refractivity contribution in [1.82, 2.24) is 4.98 Å². The molecule has 14 heteroatoms. The van der Waals surface area contributed by atoms with Gasteiger partial charge in [-0.2, -0.15) is 0 Å². The van der Waals surface area contributed by atoms with Crippen LogP contribution in [-0.2, 0) is 19.2 Å². The third kappa shape index (κ3) is 7.02. The summed E-state index contributed by atoms with van der Waals surface area (Å²) < 4.78 is 43.9. The fourth-order valence-electron chi connectivity index (χ4n) is 5.03. The number of benzene rings is 2. The van der Waals surface area contributed by atoms with Gasteiger partial charge in [-0.15, -0.1) is 6.42 Å². The van der Waals surface area contributed by atoms with Gasteiger partial charge in [0.25, 0.3) is 23.6 Å². The number of carbonyl (C=O) groups is 4. The Bertz CT molecular complexity index is 1810. The molecule has 0 saturated carbocycles. The first kappa shape index (κ1) is 32.9. The molecule has 2 aromatic carbocycles. The number of carbonyl (C=O) groups excluding carboxylic acids is 3. The van der Waals surface area contributed by atoms with Gasteiger partial charge in [0.2, 0.25) is 0 Å². The highest BCUT2D eigenvalue weighted by Gasteiger charge is 2.41. The first-order chi connectivity index (χ1) is 22.5. The summed E-state index contributed by atoms with van der Waals surface area (Å²) in [4.78, 5) is 53.9. The molecule has 0 fully saturated rings. The number of hydrogen-bond acceptors (Lipinski definition) is 8.